The summed E-state index contributed by atoms with van der Waals surface area (Å²) in [4.78, 5) is 5.98. The number of aromatic amines is 1. The molecule has 2 aromatic heterocycles. The topological polar surface area (TPSA) is 46.9 Å². The van der Waals surface area contributed by atoms with Gasteiger partial charge in [-0.2, -0.15) is 9.66 Å². The SMILES string of the molecule is Cc1c(C(C)C)c(N2CCCC2)[n+]2c([nH]c3ccccc32)c1C#N. The predicted molar refractivity (Wildman–Crippen MR) is 96.4 cm³/mol. The zero-order chi connectivity index (χ0) is 16.8. The van der Waals surface area contributed by atoms with Crippen molar-refractivity contribution in [3.8, 4) is 6.07 Å². The van der Waals surface area contributed by atoms with Gasteiger partial charge in [0.1, 0.15) is 22.7 Å². The van der Waals surface area contributed by atoms with Gasteiger partial charge >= 0.3 is 0 Å². The monoisotopic (exact) mass is 319 g/mol. The van der Waals surface area contributed by atoms with Crippen LogP contribution >= 0.6 is 0 Å². The van der Waals surface area contributed by atoms with E-state index >= 15 is 0 Å². The second-order valence-corrected chi connectivity index (χ2v) is 7.02. The van der Waals surface area contributed by atoms with E-state index in [2.05, 4.69) is 59.3 Å². The summed E-state index contributed by atoms with van der Waals surface area (Å²) in [5.41, 5.74) is 6.32. The van der Waals surface area contributed by atoms with E-state index in [0.717, 1.165) is 40.9 Å². The zero-order valence-electron chi connectivity index (χ0n) is 14.6. The smallest absolute Gasteiger partial charge is 0.250 e. The van der Waals surface area contributed by atoms with Crippen LogP contribution in [-0.2, 0) is 0 Å². The molecule has 0 unspecified atom stereocenters. The Kier molecular flexibility index (Phi) is 3.45. The van der Waals surface area contributed by atoms with Crippen molar-refractivity contribution < 1.29 is 4.40 Å². The van der Waals surface area contributed by atoms with E-state index < -0.39 is 0 Å². The molecule has 0 bridgehead atoms. The fourth-order valence-electron chi connectivity index (χ4n) is 4.14. The maximum Gasteiger partial charge on any atom is 0.250 e. The molecule has 4 nitrogen and oxygen atoms in total. The first-order valence-corrected chi connectivity index (χ1v) is 8.77. The van der Waals surface area contributed by atoms with Gasteiger partial charge in [0.05, 0.1) is 13.1 Å². The van der Waals surface area contributed by atoms with Gasteiger partial charge in [-0.1, -0.05) is 26.0 Å². The van der Waals surface area contributed by atoms with Crippen LogP contribution in [0.5, 0.6) is 0 Å². The maximum absolute atomic E-state index is 9.81. The average Bonchev–Trinajstić information content (AvgIpc) is 3.21. The first-order valence-electron chi connectivity index (χ1n) is 8.77. The van der Waals surface area contributed by atoms with Crippen molar-refractivity contribution in [1.82, 2.24) is 4.98 Å². The normalized spacial score (nSPS) is 14.9. The van der Waals surface area contributed by atoms with Crippen LogP contribution in [0.1, 0.15) is 49.3 Å². The number of pyridine rings is 1. The number of rotatable bonds is 2. The third-order valence-corrected chi connectivity index (χ3v) is 5.18. The van der Waals surface area contributed by atoms with Crippen molar-refractivity contribution in [2.75, 3.05) is 18.0 Å². The molecule has 1 aliphatic rings. The van der Waals surface area contributed by atoms with Crippen molar-refractivity contribution in [2.45, 2.75) is 39.5 Å². The summed E-state index contributed by atoms with van der Waals surface area (Å²) in [6, 6.07) is 10.8. The van der Waals surface area contributed by atoms with Gasteiger partial charge in [0, 0.05) is 5.56 Å². The Morgan fingerprint density at radius 2 is 1.92 bits per heavy atom. The van der Waals surface area contributed by atoms with Crippen molar-refractivity contribution in [3.05, 3.63) is 41.0 Å². The molecule has 0 atom stereocenters. The molecule has 122 valence electrons. The molecule has 1 N–H and O–H groups in total. The summed E-state index contributed by atoms with van der Waals surface area (Å²) in [5, 5.41) is 9.81. The van der Waals surface area contributed by atoms with E-state index in [0.29, 0.717) is 5.92 Å². The number of para-hydroxylation sites is 2. The molecule has 4 rings (SSSR count). The highest BCUT2D eigenvalue weighted by molar-refractivity contribution is 5.78. The van der Waals surface area contributed by atoms with Crippen LogP contribution in [0.3, 0.4) is 0 Å². The van der Waals surface area contributed by atoms with Gasteiger partial charge in [0.2, 0.25) is 11.5 Å². The lowest BCUT2D eigenvalue weighted by molar-refractivity contribution is -0.467. The first-order chi connectivity index (χ1) is 11.6. The van der Waals surface area contributed by atoms with E-state index in [-0.39, 0.29) is 0 Å². The standard InChI is InChI=1S/C20H22N4/c1-13(2)18-14(3)15(12-21)19-22-16-8-4-5-9-17(16)24(19)20(18)23-10-6-7-11-23/h4-5,8-9,13H,6-7,10-11H2,1-3H3/p+1. The number of H-pyrrole nitrogens is 1. The molecule has 0 radical (unpaired) electrons. The minimum absolute atomic E-state index is 0.373. The Bertz CT molecular complexity index is 969. The Morgan fingerprint density at radius 1 is 1.21 bits per heavy atom. The van der Waals surface area contributed by atoms with Crippen LogP contribution in [-0.4, -0.2) is 18.1 Å². The third kappa shape index (κ3) is 2.01. The molecular formula is C20H23N4+. The highest BCUT2D eigenvalue weighted by Crippen LogP contribution is 2.34. The molecule has 4 heteroatoms. The van der Waals surface area contributed by atoms with Crippen molar-refractivity contribution in [2.24, 2.45) is 0 Å². The van der Waals surface area contributed by atoms with Crippen molar-refractivity contribution >= 4 is 22.5 Å². The fourth-order valence-corrected chi connectivity index (χ4v) is 4.14. The molecule has 1 saturated heterocycles. The van der Waals surface area contributed by atoms with E-state index in [1.807, 2.05) is 6.07 Å². The zero-order valence-corrected chi connectivity index (χ0v) is 14.6. The van der Waals surface area contributed by atoms with Gasteiger partial charge in [-0.15, -0.1) is 0 Å². The number of hydrogen-bond donors (Lipinski definition) is 1. The van der Waals surface area contributed by atoms with Crippen LogP contribution in [0, 0.1) is 18.3 Å². The summed E-state index contributed by atoms with van der Waals surface area (Å²) < 4.78 is 2.28. The highest BCUT2D eigenvalue weighted by atomic mass is 15.2. The van der Waals surface area contributed by atoms with Crippen LogP contribution in [0.4, 0.5) is 5.82 Å². The van der Waals surface area contributed by atoms with Gasteiger partial charge in [0.25, 0.3) is 0 Å². The van der Waals surface area contributed by atoms with E-state index in [1.165, 1.54) is 24.2 Å². The van der Waals surface area contributed by atoms with Crippen LogP contribution in [0.15, 0.2) is 24.3 Å². The van der Waals surface area contributed by atoms with E-state index in [9.17, 15) is 5.26 Å². The van der Waals surface area contributed by atoms with Gasteiger partial charge in [0.15, 0.2) is 0 Å². The summed E-state index contributed by atoms with van der Waals surface area (Å²) in [5.74, 6) is 1.64. The predicted octanol–water partition coefficient (Wildman–Crippen LogP) is 3.81. The number of imidazole rings is 1. The number of fused-ring (bicyclic) bond motifs is 3. The van der Waals surface area contributed by atoms with Gasteiger partial charge in [-0.3, -0.25) is 9.88 Å². The maximum atomic E-state index is 9.81. The van der Waals surface area contributed by atoms with Crippen molar-refractivity contribution in [1.29, 1.82) is 5.26 Å². The molecule has 0 amide bonds. The molecule has 0 aliphatic carbocycles. The van der Waals surface area contributed by atoms with E-state index in [4.69, 9.17) is 0 Å². The van der Waals surface area contributed by atoms with Gasteiger partial charge in [-0.05, 0) is 43.4 Å². The van der Waals surface area contributed by atoms with E-state index in [1.54, 1.807) is 0 Å². The van der Waals surface area contributed by atoms with Crippen LogP contribution in [0.2, 0.25) is 0 Å². The quantitative estimate of drug-likeness (QED) is 0.730. The molecule has 0 spiro atoms. The molecule has 0 saturated carbocycles. The second kappa shape index (κ2) is 5.52. The molecule has 1 fully saturated rings. The van der Waals surface area contributed by atoms with Gasteiger partial charge in [-0.25, -0.2) is 0 Å². The number of aromatic nitrogens is 2. The Hall–Kier alpha value is -2.54. The molecule has 3 heterocycles. The number of nitrogens with zero attached hydrogens (tertiary/aromatic N) is 3. The lowest BCUT2D eigenvalue weighted by Gasteiger charge is -2.21. The van der Waals surface area contributed by atoms with Crippen molar-refractivity contribution in [3.63, 3.8) is 0 Å². The summed E-state index contributed by atoms with van der Waals surface area (Å²) in [6.07, 6.45) is 2.47. The first kappa shape index (κ1) is 15.0. The minimum Gasteiger partial charge on any atom is -0.292 e. The number of benzene rings is 1. The molecule has 1 aliphatic heterocycles. The Balaban J connectivity index is 2.23. The Morgan fingerprint density at radius 3 is 2.58 bits per heavy atom. The Labute approximate surface area is 142 Å². The highest BCUT2D eigenvalue weighted by Gasteiger charge is 2.31. The minimum atomic E-state index is 0.373. The number of hydrogen-bond acceptors (Lipinski definition) is 2. The largest absolute Gasteiger partial charge is 0.292 e. The summed E-state index contributed by atoms with van der Waals surface area (Å²) in [6.45, 7) is 8.73. The fraction of sp³-hybridized carbons (Fsp3) is 0.400. The molecular weight excluding hydrogens is 296 g/mol. The molecule has 1 aromatic carbocycles. The average molecular weight is 319 g/mol. The lowest BCUT2D eigenvalue weighted by atomic mass is 9.95. The molecule has 3 aromatic rings. The molecule has 24 heavy (non-hydrogen) atoms. The van der Waals surface area contributed by atoms with Crippen LogP contribution < -0.4 is 9.30 Å². The van der Waals surface area contributed by atoms with Gasteiger partial charge < -0.3 is 0 Å². The van der Waals surface area contributed by atoms with Crippen LogP contribution in [0.25, 0.3) is 16.7 Å². The summed E-state index contributed by atoms with van der Waals surface area (Å²) >= 11 is 0. The number of anilines is 1. The number of nitrogens with one attached hydrogen (secondary N) is 1. The number of nitriles is 1. The summed E-state index contributed by atoms with van der Waals surface area (Å²) in [7, 11) is 0. The second-order valence-electron chi connectivity index (χ2n) is 7.02. The lowest BCUT2D eigenvalue weighted by Crippen LogP contribution is -2.36. The third-order valence-electron chi connectivity index (χ3n) is 5.18.